The molecule has 1 aromatic heterocycles. The molecule has 0 fully saturated rings. The van der Waals surface area contributed by atoms with Gasteiger partial charge in [-0.2, -0.15) is 4.98 Å². The molecule has 22 heavy (non-hydrogen) atoms. The summed E-state index contributed by atoms with van der Waals surface area (Å²) < 4.78 is 5.16. The van der Waals surface area contributed by atoms with Gasteiger partial charge in [0.1, 0.15) is 11.4 Å². The molecule has 2 aromatic rings. The monoisotopic (exact) mass is 301 g/mol. The van der Waals surface area contributed by atoms with Gasteiger partial charge >= 0.3 is 5.69 Å². The van der Waals surface area contributed by atoms with E-state index < -0.39 is 5.69 Å². The number of carbonyl (C=O) groups excluding carboxylic acids is 1. The van der Waals surface area contributed by atoms with Crippen molar-refractivity contribution in [1.29, 1.82) is 0 Å². The quantitative estimate of drug-likeness (QED) is 0.884. The molecule has 0 bridgehead atoms. The van der Waals surface area contributed by atoms with Gasteiger partial charge in [0.25, 0.3) is 5.91 Å². The first-order valence-corrected chi connectivity index (χ1v) is 7.10. The third-order valence-electron chi connectivity index (χ3n) is 3.34. The van der Waals surface area contributed by atoms with Crippen LogP contribution in [0, 0.1) is 0 Å². The van der Waals surface area contributed by atoms with Crippen LogP contribution < -0.4 is 15.7 Å². The van der Waals surface area contributed by atoms with Crippen LogP contribution in [0.5, 0.6) is 5.75 Å². The highest BCUT2D eigenvalue weighted by molar-refractivity contribution is 5.93. The van der Waals surface area contributed by atoms with Gasteiger partial charge in [0, 0.05) is 11.6 Å². The van der Waals surface area contributed by atoms with Gasteiger partial charge in [-0.15, -0.1) is 0 Å². The minimum Gasteiger partial charge on any atom is -0.497 e. The maximum Gasteiger partial charge on any atom is 0.346 e. The Balaban J connectivity index is 2.38. The molecule has 0 radical (unpaired) electrons. The predicted molar refractivity (Wildman–Crippen MR) is 84.1 cm³/mol. The predicted octanol–water partition coefficient (Wildman–Crippen LogP) is 1.97. The number of H-pyrrole nitrogens is 1. The molecule has 1 amide bonds. The molecule has 116 valence electrons. The fraction of sp³-hybridized carbons (Fsp3) is 0.312. The summed E-state index contributed by atoms with van der Waals surface area (Å²) in [5.41, 5.74) is 0.771. The second-order valence-electron chi connectivity index (χ2n) is 5.00. The fourth-order valence-corrected chi connectivity index (χ4v) is 1.91. The zero-order valence-electron chi connectivity index (χ0n) is 12.8. The minimum atomic E-state index is -0.561. The van der Waals surface area contributed by atoms with Crippen LogP contribution in [0.4, 0.5) is 0 Å². The molecule has 0 saturated carbocycles. The van der Waals surface area contributed by atoms with Crippen LogP contribution in [0.2, 0.25) is 0 Å². The van der Waals surface area contributed by atoms with Crippen LogP contribution in [0.25, 0.3) is 11.3 Å². The third kappa shape index (κ3) is 3.72. The highest BCUT2D eigenvalue weighted by Crippen LogP contribution is 2.21. The summed E-state index contributed by atoms with van der Waals surface area (Å²) in [6.45, 7) is 3.88. The highest BCUT2D eigenvalue weighted by Gasteiger charge is 2.12. The molecule has 0 aliphatic heterocycles. The lowest BCUT2D eigenvalue weighted by Gasteiger charge is -2.11. The van der Waals surface area contributed by atoms with Crippen molar-refractivity contribution in [1.82, 2.24) is 15.3 Å². The highest BCUT2D eigenvalue weighted by atomic mass is 16.5. The van der Waals surface area contributed by atoms with E-state index in [-0.39, 0.29) is 17.6 Å². The first-order valence-electron chi connectivity index (χ1n) is 7.10. The van der Waals surface area contributed by atoms with E-state index in [9.17, 15) is 9.59 Å². The second kappa shape index (κ2) is 6.89. The largest absolute Gasteiger partial charge is 0.497 e. The third-order valence-corrected chi connectivity index (χ3v) is 3.34. The number of carbonyl (C=O) groups is 1. The van der Waals surface area contributed by atoms with Crippen LogP contribution in [-0.4, -0.2) is 29.0 Å². The Labute approximate surface area is 128 Å². The van der Waals surface area contributed by atoms with E-state index in [1.54, 1.807) is 37.4 Å². The van der Waals surface area contributed by atoms with Gasteiger partial charge in [-0.1, -0.05) is 19.1 Å². The van der Waals surface area contributed by atoms with Crippen molar-refractivity contribution < 1.29 is 9.53 Å². The summed E-state index contributed by atoms with van der Waals surface area (Å²) in [5.74, 6) is 0.336. The van der Waals surface area contributed by atoms with Crippen LogP contribution in [0.3, 0.4) is 0 Å². The molecule has 6 heteroatoms. The second-order valence-corrected chi connectivity index (χ2v) is 5.00. The summed E-state index contributed by atoms with van der Waals surface area (Å²) in [7, 11) is 1.56. The number of methoxy groups -OCH3 is 1. The number of hydrogen-bond donors (Lipinski definition) is 2. The number of rotatable bonds is 5. The Bertz CT molecular complexity index is 725. The van der Waals surface area contributed by atoms with Gasteiger partial charge in [-0.05, 0) is 31.5 Å². The number of nitrogens with one attached hydrogen (secondary N) is 2. The van der Waals surface area contributed by atoms with Gasteiger partial charge in [-0.3, -0.25) is 4.79 Å². The van der Waals surface area contributed by atoms with E-state index in [4.69, 9.17) is 4.74 Å². The molecule has 2 rings (SSSR count). The number of aromatic nitrogens is 2. The molecule has 0 spiro atoms. The average Bonchev–Trinajstić information content (AvgIpc) is 2.54. The molecule has 0 aliphatic carbocycles. The van der Waals surface area contributed by atoms with E-state index in [0.717, 1.165) is 6.42 Å². The molecule has 1 heterocycles. The minimum absolute atomic E-state index is 0.0319. The van der Waals surface area contributed by atoms with Crippen molar-refractivity contribution in [3.8, 4) is 17.0 Å². The Hall–Kier alpha value is -2.63. The molecule has 1 aromatic carbocycles. The van der Waals surface area contributed by atoms with Gasteiger partial charge in [0.15, 0.2) is 0 Å². The lowest BCUT2D eigenvalue weighted by Crippen LogP contribution is -2.33. The molecule has 2 N–H and O–H groups in total. The number of benzene rings is 1. The first kappa shape index (κ1) is 15.8. The fourth-order valence-electron chi connectivity index (χ4n) is 1.91. The lowest BCUT2D eigenvalue weighted by molar-refractivity contribution is 0.0934. The molecule has 1 unspecified atom stereocenters. The smallest absolute Gasteiger partial charge is 0.346 e. The number of amides is 1. The summed E-state index contributed by atoms with van der Waals surface area (Å²) in [5, 5.41) is 2.81. The molecule has 0 saturated heterocycles. The van der Waals surface area contributed by atoms with Crippen molar-refractivity contribution in [3.63, 3.8) is 0 Å². The zero-order valence-corrected chi connectivity index (χ0v) is 12.8. The van der Waals surface area contributed by atoms with E-state index in [1.165, 1.54) is 0 Å². The van der Waals surface area contributed by atoms with E-state index in [2.05, 4.69) is 15.3 Å². The summed E-state index contributed by atoms with van der Waals surface area (Å²) in [4.78, 5) is 30.2. The Morgan fingerprint density at radius 2 is 2.18 bits per heavy atom. The van der Waals surface area contributed by atoms with Crippen molar-refractivity contribution >= 4 is 5.91 Å². The van der Waals surface area contributed by atoms with Crippen molar-refractivity contribution in [2.24, 2.45) is 0 Å². The molecular formula is C16H19N3O3. The van der Waals surface area contributed by atoms with Gasteiger partial charge in [0.2, 0.25) is 0 Å². The zero-order chi connectivity index (χ0) is 16.1. The first-order chi connectivity index (χ1) is 10.5. The Morgan fingerprint density at radius 1 is 1.41 bits per heavy atom. The SMILES string of the molecule is CCC(C)NC(=O)c1cc(-c2cccc(OC)c2)nc(=O)[nH]1. The van der Waals surface area contributed by atoms with Gasteiger partial charge < -0.3 is 15.0 Å². The van der Waals surface area contributed by atoms with Crippen molar-refractivity contribution in [2.75, 3.05) is 7.11 Å². The lowest BCUT2D eigenvalue weighted by atomic mass is 10.1. The summed E-state index contributed by atoms with van der Waals surface area (Å²) in [6.07, 6.45) is 0.809. The van der Waals surface area contributed by atoms with Gasteiger partial charge in [-0.25, -0.2) is 4.79 Å². The van der Waals surface area contributed by atoms with Crippen LogP contribution in [0.15, 0.2) is 35.1 Å². The Morgan fingerprint density at radius 3 is 2.86 bits per heavy atom. The molecular weight excluding hydrogens is 282 g/mol. The van der Waals surface area contributed by atoms with Crippen LogP contribution in [-0.2, 0) is 0 Å². The molecule has 0 aliphatic rings. The average molecular weight is 301 g/mol. The number of nitrogens with zero attached hydrogens (tertiary/aromatic N) is 1. The Kier molecular flexibility index (Phi) is 4.93. The summed E-state index contributed by atoms with van der Waals surface area (Å²) >= 11 is 0. The maximum atomic E-state index is 12.1. The van der Waals surface area contributed by atoms with Crippen LogP contribution in [0.1, 0.15) is 30.8 Å². The number of hydrogen-bond acceptors (Lipinski definition) is 4. The maximum absolute atomic E-state index is 12.1. The molecule has 1 atom stereocenters. The van der Waals surface area contributed by atoms with Crippen LogP contribution >= 0.6 is 0 Å². The van der Waals surface area contributed by atoms with Crippen molar-refractivity contribution in [2.45, 2.75) is 26.3 Å². The van der Waals surface area contributed by atoms with Crippen molar-refractivity contribution in [3.05, 3.63) is 46.5 Å². The summed E-state index contributed by atoms with van der Waals surface area (Å²) in [6, 6.07) is 8.76. The number of ether oxygens (including phenoxy) is 1. The standard InChI is InChI=1S/C16H19N3O3/c1-4-10(2)17-15(20)14-9-13(18-16(21)19-14)11-6-5-7-12(8-11)22-3/h5-10H,4H2,1-3H3,(H,17,20)(H,18,19,21). The van der Waals surface area contributed by atoms with E-state index in [1.807, 2.05) is 13.8 Å². The molecule has 6 nitrogen and oxygen atoms in total. The topological polar surface area (TPSA) is 84.1 Å². The number of aromatic amines is 1. The normalized spacial score (nSPS) is 11.8. The van der Waals surface area contributed by atoms with E-state index in [0.29, 0.717) is 17.0 Å². The van der Waals surface area contributed by atoms with Gasteiger partial charge in [0.05, 0.1) is 12.8 Å². The van der Waals surface area contributed by atoms with E-state index >= 15 is 0 Å².